The van der Waals surface area contributed by atoms with Crippen molar-refractivity contribution in [3.8, 4) is 0 Å². The third-order valence-corrected chi connectivity index (χ3v) is 2.51. The zero-order chi connectivity index (χ0) is 11.4. The van der Waals surface area contributed by atoms with Crippen molar-refractivity contribution < 1.29 is 0 Å². The monoisotopic (exact) mass is 207 g/mol. The van der Waals surface area contributed by atoms with E-state index in [9.17, 15) is 0 Å². The van der Waals surface area contributed by atoms with E-state index in [1.54, 1.807) is 0 Å². The number of nitrogens with one attached hydrogen (secondary N) is 1. The summed E-state index contributed by atoms with van der Waals surface area (Å²) in [7, 11) is 0. The smallest absolute Gasteiger partial charge is 0.131 e. The quantitative estimate of drug-likeness (QED) is 0.823. The SMILES string of the molecule is CCNCc1c(C)nc(C(C)C)nc1C. The molecule has 0 radical (unpaired) electrons. The van der Waals surface area contributed by atoms with Crippen LogP contribution in [0.25, 0.3) is 0 Å². The summed E-state index contributed by atoms with van der Waals surface area (Å²) in [5.74, 6) is 1.35. The highest BCUT2D eigenvalue weighted by Crippen LogP contribution is 2.15. The van der Waals surface area contributed by atoms with Gasteiger partial charge in [0.25, 0.3) is 0 Å². The van der Waals surface area contributed by atoms with E-state index in [0.717, 1.165) is 30.3 Å². The summed E-state index contributed by atoms with van der Waals surface area (Å²) >= 11 is 0. The molecule has 3 nitrogen and oxygen atoms in total. The molecule has 0 saturated heterocycles. The molecule has 0 fully saturated rings. The van der Waals surface area contributed by atoms with E-state index < -0.39 is 0 Å². The minimum Gasteiger partial charge on any atom is -0.313 e. The molecule has 0 spiro atoms. The highest BCUT2D eigenvalue weighted by molar-refractivity contribution is 5.24. The number of hydrogen-bond acceptors (Lipinski definition) is 3. The average molecular weight is 207 g/mol. The standard InChI is InChI=1S/C12H21N3/c1-6-13-7-11-9(4)14-12(8(2)3)15-10(11)5/h8,13H,6-7H2,1-5H3. The molecule has 0 amide bonds. The van der Waals surface area contributed by atoms with Crippen LogP contribution < -0.4 is 5.32 Å². The van der Waals surface area contributed by atoms with Gasteiger partial charge < -0.3 is 5.32 Å². The molecular formula is C12H21N3. The van der Waals surface area contributed by atoms with Crippen LogP contribution in [0.2, 0.25) is 0 Å². The predicted molar refractivity (Wildman–Crippen MR) is 63.0 cm³/mol. The van der Waals surface area contributed by atoms with Gasteiger partial charge in [-0.2, -0.15) is 0 Å². The Morgan fingerprint density at radius 2 is 1.67 bits per heavy atom. The number of aryl methyl sites for hydroxylation is 2. The molecule has 3 heteroatoms. The summed E-state index contributed by atoms with van der Waals surface area (Å²) in [5, 5.41) is 3.31. The molecule has 15 heavy (non-hydrogen) atoms. The highest BCUT2D eigenvalue weighted by Gasteiger charge is 2.09. The Bertz CT molecular complexity index is 309. The highest BCUT2D eigenvalue weighted by atomic mass is 14.9. The summed E-state index contributed by atoms with van der Waals surface area (Å²) < 4.78 is 0. The van der Waals surface area contributed by atoms with Gasteiger partial charge in [-0.15, -0.1) is 0 Å². The van der Waals surface area contributed by atoms with Crippen LogP contribution in [-0.2, 0) is 6.54 Å². The summed E-state index contributed by atoms with van der Waals surface area (Å²) in [4.78, 5) is 9.07. The van der Waals surface area contributed by atoms with E-state index in [2.05, 4.69) is 49.9 Å². The maximum Gasteiger partial charge on any atom is 0.131 e. The Morgan fingerprint density at radius 1 is 1.13 bits per heavy atom. The fourth-order valence-corrected chi connectivity index (χ4v) is 1.53. The van der Waals surface area contributed by atoms with E-state index >= 15 is 0 Å². The number of rotatable bonds is 4. The lowest BCUT2D eigenvalue weighted by molar-refractivity contribution is 0.692. The molecule has 1 N–H and O–H groups in total. The number of nitrogens with zero attached hydrogens (tertiary/aromatic N) is 2. The molecule has 0 bridgehead atoms. The van der Waals surface area contributed by atoms with Crippen LogP contribution in [0.1, 0.15) is 49.5 Å². The van der Waals surface area contributed by atoms with E-state index in [-0.39, 0.29) is 0 Å². The van der Waals surface area contributed by atoms with Crippen LogP contribution in [0.15, 0.2) is 0 Å². The van der Waals surface area contributed by atoms with Crippen LogP contribution in [0.3, 0.4) is 0 Å². The van der Waals surface area contributed by atoms with Crippen molar-refractivity contribution in [3.63, 3.8) is 0 Å². The largest absolute Gasteiger partial charge is 0.313 e. The molecule has 0 aliphatic heterocycles. The first kappa shape index (κ1) is 12.1. The van der Waals surface area contributed by atoms with Crippen LogP contribution in [0.4, 0.5) is 0 Å². The molecule has 0 atom stereocenters. The predicted octanol–water partition coefficient (Wildman–Crippen LogP) is 2.33. The Kier molecular flexibility index (Phi) is 4.21. The van der Waals surface area contributed by atoms with Crippen molar-refractivity contribution in [2.45, 2.75) is 47.1 Å². The van der Waals surface area contributed by atoms with Gasteiger partial charge in [0.05, 0.1) is 0 Å². The summed E-state index contributed by atoms with van der Waals surface area (Å²) in [6.45, 7) is 12.3. The van der Waals surface area contributed by atoms with Crippen LogP contribution >= 0.6 is 0 Å². The van der Waals surface area contributed by atoms with Gasteiger partial charge in [0, 0.05) is 29.4 Å². The molecular weight excluding hydrogens is 186 g/mol. The Labute approximate surface area is 92.3 Å². The summed E-state index contributed by atoms with van der Waals surface area (Å²) in [6.07, 6.45) is 0. The van der Waals surface area contributed by atoms with Gasteiger partial charge in [0.15, 0.2) is 0 Å². The third-order valence-electron chi connectivity index (χ3n) is 2.51. The van der Waals surface area contributed by atoms with Gasteiger partial charge in [-0.1, -0.05) is 20.8 Å². The normalized spacial score (nSPS) is 11.1. The number of aromatic nitrogens is 2. The minimum absolute atomic E-state index is 0.399. The van der Waals surface area contributed by atoms with E-state index in [1.165, 1.54) is 5.56 Å². The summed E-state index contributed by atoms with van der Waals surface area (Å²) in [6, 6.07) is 0. The first-order valence-corrected chi connectivity index (χ1v) is 5.61. The van der Waals surface area contributed by atoms with Crippen molar-refractivity contribution in [1.82, 2.24) is 15.3 Å². The average Bonchev–Trinajstić information content (AvgIpc) is 2.16. The van der Waals surface area contributed by atoms with Gasteiger partial charge in [0.2, 0.25) is 0 Å². The topological polar surface area (TPSA) is 37.8 Å². The van der Waals surface area contributed by atoms with Crippen LogP contribution in [0.5, 0.6) is 0 Å². The zero-order valence-electron chi connectivity index (χ0n) is 10.4. The van der Waals surface area contributed by atoms with E-state index in [1.807, 2.05) is 0 Å². The molecule has 84 valence electrons. The number of hydrogen-bond donors (Lipinski definition) is 1. The van der Waals surface area contributed by atoms with Crippen molar-refractivity contribution in [3.05, 3.63) is 22.8 Å². The Hall–Kier alpha value is -0.960. The van der Waals surface area contributed by atoms with E-state index in [4.69, 9.17) is 0 Å². The second-order valence-corrected chi connectivity index (χ2v) is 4.17. The lowest BCUT2D eigenvalue weighted by Gasteiger charge is -2.12. The van der Waals surface area contributed by atoms with Crippen molar-refractivity contribution in [2.75, 3.05) is 6.54 Å². The maximum absolute atomic E-state index is 4.54. The van der Waals surface area contributed by atoms with E-state index in [0.29, 0.717) is 5.92 Å². The van der Waals surface area contributed by atoms with Crippen molar-refractivity contribution in [1.29, 1.82) is 0 Å². The first-order valence-electron chi connectivity index (χ1n) is 5.61. The van der Waals surface area contributed by atoms with Gasteiger partial charge in [0.1, 0.15) is 5.82 Å². The second-order valence-electron chi connectivity index (χ2n) is 4.17. The third kappa shape index (κ3) is 2.99. The van der Waals surface area contributed by atoms with Crippen LogP contribution in [-0.4, -0.2) is 16.5 Å². The summed E-state index contributed by atoms with van der Waals surface area (Å²) in [5.41, 5.74) is 3.44. The fourth-order valence-electron chi connectivity index (χ4n) is 1.53. The Balaban J connectivity index is 2.99. The van der Waals surface area contributed by atoms with Crippen molar-refractivity contribution >= 4 is 0 Å². The molecule has 1 rings (SSSR count). The van der Waals surface area contributed by atoms with Crippen LogP contribution in [0, 0.1) is 13.8 Å². The lowest BCUT2D eigenvalue weighted by Crippen LogP contribution is -2.16. The van der Waals surface area contributed by atoms with Gasteiger partial charge >= 0.3 is 0 Å². The maximum atomic E-state index is 4.54. The minimum atomic E-state index is 0.399. The Morgan fingerprint density at radius 3 is 2.07 bits per heavy atom. The van der Waals surface area contributed by atoms with Crippen molar-refractivity contribution in [2.24, 2.45) is 0 Å². The van der Waals surface area contributed by atoms with Gasteiger partial charge in [-0.05, 0) is 20.4 Å². The molecule has 0 unspecified atom stereocenters. The molecule has 1 heterocycles. The molecule has 0 saturated carbocycles. The molecule has 0 aliphatic carbocycles. The van der Waals surface area contributed by atoms with Gasteiger partial charge in [-0.3, -0.25) is 0 Å². The molecule has 0 aliphatic rings. The molecule has 1 aromatic heterocycles. The lowest BCUT2D eigenvalue weighted by atomic mass is 10.1. The van der Waals surface area contributed by atoms with Gasteiger partial charge in [-0.25, -0.2) is 9.97 Å². The fraction of sp³-hybridized carbons (Fsp3) is 0.667. The first-order chi connectivity index (χ1) is 7.06. The second kappa shape index (κ2) is 5.21. The molecule has 1 aromatic rings. The zero-order valence-corrected chi connectivity index (χ0v) is 10.4. The molecule has 0 aromatic carbocycles.